The lowest BCUT2D eigenvalue weighted by atomic mass is 9.90. The van der Waals surface area contributed by atoms with Crippen molar-refractivity contribution >= 4 is 10.8 Å². The van der Waals surface area contributed by atoms with E-state index < -0.39 is 10.8 Å². The second kappa shape index (κ2) is 7.04. The van der Waals surface area contributed by atoms with Gasteiger partial charge in [0.05, 0.1) is 5.25 Å². The zero-order valence-electron chi connectivity index (χ0n) is 11.8. The number of hydrogen-bond donors (Lipinski definition) is 1. The van der Waals surface area contributed by atoms with Crippen molar-refractivity contribution in [3.63, 3.8) is 0 Å². The SMILES string of the molecule is CC1CCCC(S(=O)C2CCCCCCC2N)C1. The standard InChI is InChI=1S/C15H29NOS/c1-12-7-6-8-13(11-12)18(17)15-10-5-3-2-4-9-14(15)16/h12-15H,2-11,16H2,1H3. The van der Waals surface area contributed by atoms with Crippen LogP contribution in [-0.4, -0.2) is 20.8 Å². The zero-order chi connectivity index (χ0) is 13.0. The molecule has 3 heteroatoms. The first-order chi connectivity index (χ1) is 8.68. The maximum atomic E-state index is 12.8. The van der Waals surface area contributed by atoms with E-state index in [1.807, 2.05) is 0 Å². The van der Waals surface area contributed by atoms with Crippen LogP contribution in [0.15, 0.2) is 0 Å². The molecule has 0 aromatic rings. The van der Waals surface area contributed by atoms with E-state index in [4.69, 9.17) is 5.73 Å². The quantitative estimate of drug-likeness (QED) is 0.837. The molecular weight excluding hydrogens is 242 g/mol. The highest BCUT2D eigenvalue weighted by Crippen LogP contribution is 2.31. The molecule has 0 saturated heterocycles. The maximum Gasteiger partial charge on any atom is 0.0501 e. The van der Waals surface area contributed by atoms with E-state index in [-0.39, 0.29) is 11.3 Å². The van der Waals surface area contributed by atoms with Crippen LogP contribution in [0, 0.1) is 5.92 Å². The first-order valence-electron chi connectivity index (χ1n) is 7.83. The van der Waals surface area contributed by atoms with Crippen LogP contribution in [0.5, 0.6) is 0 Å². The highest BCUT2D eigenvalue weighted by molar-refractivity contribution is 7.86. The predicted octanol–water partition coefficient (Wildman–Crippen LogP) is 3.36. The second-order valence-corrected chi connectivity index (χ2v) is 8.35. The molecule has 0 amide bonds. The van der Waals surface area contributed by atoms with Gasteiger partial charge in [-0.1, -0.05) is 45.4 Å². The lowest BCUT2D eigenvalue weighted by molar-refractivity contribution is 0.383. The van der Waals surface area contributed by atoms with Crippen molar-refractivity contribution in [2.45, 2.75) is 87.7 Å². The van der Waals surface area contributed by atoms with Crippen LogP contribution in [-0.2, 0) is 10.8 Å². The summed E-state index contributed by atoms with van der Waals surface area (Å²) in [5.41, 5.74) is 6.30. The van der Waals surface area contributed by atoms with Crippen LogP contribution >= 0.6 is 0 Å². The molecule has 2 rings (SSSR count). The van der Waals surface area contributed by atoms with E-state index in [2.05, 4.69) is 6.92 Å². The summed E-state index contributed by atoms with van der Waals surface area (Å²) in [6.07, 6.45) is 12.2. The van der Waals surface area contributed by atoms with E-state index in [0.717, 1.165) is 25.2 Å². The average Bonchev–Trinajstić information content (AvgIpc) is 2.34. The summed E-state index contributed by atoms with van der Waals surface area (Å²) in [5.74, 6) is 0.762. The molecule has 0 radical (unpaired) electrons. The Morgan fingerprint density at radius 3 is 2.39 bits per heavy atom. The minimum atomic E-state index is -0.688. The lowest BCUT2D eigenvalue weighted by Gasteiger charge is -2.32. The number of hydrogen-bond acceptors (Lipinski definition) is 2. The number of nitrogens with two attached hydrogens (primary N) is 1. The fraction of sp³-hybridized carbons (Fsp3) is 1.00. The molecule has 2 fully saturated rings. The molecule has 0 heterocycles. The van der Waals surface area contributed by atoms with Gasteiger partial charge in [-0.2, -0.15) is 0 Å². The van der Waals surface area contributed by atoms with Gasteiger partial charge in [0, 0.05) is 22.1 Å². The fourth-order valence-corrected chi connectivity index (χ4v) is 5.90. The Bertz CT molecular complexity index is 282. The Morgan fingerprint density at radius 2 is 1.67 bits per heavy atom. The Hall–Kier alpha value is 0.110. The van der Waals surface area contributed by atoms with Gasteiger partial charge >= 0.3 is 0 Å². The molecular formula is C15H29NOS. The third-order valence-electron chi connectivity index (χ3n) is 4.77. The minimum Gasteiger partial charge on any atom is -0.327 e. The van der Waals surface area contributed by atoms with Gasteiger partial charge in [0.15, 0.2) is 0 Å². The molecule has 2 N–H and O–H groups in total. The molecule has 2 nitrogen and oxygen atoms in total. The zero-order valence-corrected chi connectivity index (χ0v) is 12.6. The van der Waals surface area contributed by atoms with Crippen molar-refractivity contribution < 1.29 is 4.21 Å². The normalized spacial score (nSPS) is 40.8. The van der Waals surface area contributed by atoms with Gasteiger partial charge in [-0.25, -0.2) is 0 Å². The average molecular weight is 271 g/mol. The van der Waals surface area contributed by atoms with E-state index in [0.29, 0.717) is 5.25 Å². The van der Waals surface area contributed by atoms with Crippen molar-refractivity contribution in [3.8, 4) is 0 Å². The molecule has 0 bridgehead atoms. The molecule has 106 valence electrons. The van der Waals surface area contributed by atoms with Crippen LogP contribution in [0.3, 0.4) is 0 Å². The molecule has 5 atom stereocenters. The smallest absolute Gasteiger partial charge is 0.0501 e. The van der Waals surface area contributed by atoms with Gasteiger partial charge in [-0.3, -0.25) is 4.21 Å². The summed E-state index contributed by atoms with van der Waals surface area (Å²) in [4.78, 5) is 0. The van der Waals surface area contributed by atoms with Gasteiger partial charge in [-0.15, -0.1) is 0 Å². The highest BCUT2D eigenvalue weighted by Gasteiger charge is 2.32. The van der Waals surface area contributed by atoms with Crippen LogP contribution in [0.25, 0.3) is 0 Å². The molecule has 2 saturated carbocycles. The molecule has 0 spiro atoms. The summed E-state index contributed by atoms with van der Waals surface area (Å²) in [6, 6.07) is 0.184. The summed E-state index contributed by atoms with van der Waals surface area (Å²) >= 11 is 0. The Balaban J connectivity index is 1.96. The minimum absolute atomic E-state index is 0.184. The Morgan fingerprint density at radius 1 is 0.944 bits per heavy atom. The van der Waals surface area contributed by atoms with Gasteiger partial charge in [0.1, 0.15) is 0 Å². The van der Waals surface area contributed by atoms with Crippen LogP contribution in [0.2, 0.25) is 0 Å². The third-order valence-corrected chi connectivity index (χ3v) is 7.04. The van der Waals surface area contributed by atoms with E-state index >= 15 is 0 Å². The first kappa shape index (κ1) is 14.5. The van der Waals surface area contributed by atoms with Crippen LogP contribution < -0.4 is 5.73 Å². The molecule has 2 aliphatic carbocycles. The fourth-order valence-electron chi connectivity index (χ4n) is 3.60. The van der Waals surface area contributed by atoms with Crippen molar-refractivity contribution in [1.82, 2.24) is 0 Å². The second-order valence-electron chi connectivity index (χ2n) is 6.42. The largest absolute Gasteiger partial charge is 0.327 e. The van der Waals surface area contributed by atoms with Crippen LogP contribution in [0.4, 0.5) is 0 Å². The van der Waals surface area contributed by atoms with E-state index in [9.17, 15) is 4.21 Å². The van der Waals surface area contributed by atoms with Crippen molar-refractivity contribution in [2.24, 2.45) is 11.7 Å². The lowest BCUT2D eigenvalue weighted by Crippen LogP contribution is -2.42. The highest BCUT2D eigenvalue weighted by atomic mass is 32.2. The molecule has 0 aromatic carbocycles. The Labute approximate surface area is 115 Å². The van der Waals surface area contributed by atoms with Crippen molar-refractivity contribution in [1.29, 1.82) is 0 Å². The van der Waals surface area contributed by atoms with Crippen molar-refractivity contribution in [3.05, 3.63) is 0 Å². The summed E-state index contributed by atoms with van der Waals surface area (Å²) in [5, 5.41) is 0.713. The predicted molar refractivity (Wildman–Crippen MR) is 79.0 cm³/mol. The maximum absolute atomic E-state index is 12.8. The summed E-state index contributed by atoms with van der Waals surface area (Å²) in [6.45, 7) is 2.31. The van der Waals surface area contributed by atoms with Crippen molar-refractivity contribution in [2.75, 3.05) is 0 Å². The van der Waals surface area contributed by atoms with E-state index in [1.165, 1.54) is 44.9 Å². The first-order valence-corrected chi connectivity index (χ1v) is 9.11. The third kappa shape index (κ3) is 3.80. The van der Waals surface area contributed by atoms with Gasteiger partial charge in [0.25, 0.3) is 0 Å². The van der Waals surface area contributed by atoms with E-state index in [1.54, 1.807) is 0 Å². The summed E-state index contributed by atoms with van der Waals surface area (Å²) < 4.78 is 12.8. The molecule has 2 aliphatic rings. The Kier molecular flexibility index (Phi) is 5.68. The van der Waals surface area contributed by atoms with Gasteiger partial charge < -0.3 is 5.73 Å². The van der Waals surface area contributed by atoms with Crippen LogP contribution in [0.1, 0.15) is 71.1 Å². The molecule has 0 aromatic heterocycles. The molecule has 18 heavy (non-hydrogen) atoms. The molecule has 5 unspecified atom stereocenters. The topological polar surface area (TPSA) is 43.1 Å². The van der Waals surface area contributed by atoms with Gasteiger partial charge in [0.2, 0.25) is 0 Å². The van der Waals surface area contributed by atoms with Gasteiger partial charge in [-0.05, 0) is 31.6 Å². The monoisotopic (exact) mass is 271 g/mol. The number of rotatable bonds is 2. The molecule has 0 aliphatic heterocycles. The summed E-state index contributed by atoms with van der Waals surface area (Å²) in [7, 11) is -0.688.